The van der Waals surface area contributed by atoms with Gasteiger partial charge in [-0.05, 0) is 54.6 Å². The van der Waals surface area contributed by atoms with E-state index in [9.17, 15) is 9.59 Å². The monoisotopic (exact) mass is 667 g/mol. The van der Waals surface area contributed by atoms with Crippen LogP contribution in [0.2, 0.25) is 0 Å². The number of hydrogen-bond donors (Lipinski definition) is 5. The fourth-order valence-corrected chi connectivity index (χ4v) is 8.00. The van der Waals surface area contributed by atoms with E-state index in [1.165, 1.54) is 26.4 Å². The first-order chi connectivity index (χ1) is 20.7. The van der Waals surface area contributed by atoms with E-state index in [2.05, 4.69) is 18.2 Å². The van der Waals surface area contributed by atoms with Crippen LogP contribution in [0, 0.1) is 0 Å². The van der Waals surface area contributed by atoms with Crippen LogP contribution in [0.4, 0.5) is 0 Å². The Balaban J connectivity index is 0. The van der Waals surface area contributed by atoms with E-state index in [4.69, 9.17) is 39.9 Å². The molecule has 0 bridgehead atoms. The molecule has 0 atom stereocenters. The number of benzene rings is 4. The quantitative estimate of drug-likeness (QED) is 0.115. The summed E-state index contributed by atoms with van der Waals surface area (Å²) in [6.07, 6.45) is 0. The third kappa shape index (κ3) is 10.1. The lowest BCUT2D eigenvalue weighted by atomic mass is 10.2. The third-order valence-electron chi connectivity index (χ3n) is 4.97. The first-order valence-corrected chi connectivity index (χ1v) is 14.9. The maximum Gasteiger partial charge on any atom is 0.336 e. The number of carboxylic acid groups (broad SMARTS) is 5. The standard InChI is InChI=1S/2C13H8O2S2.3CH2O2.3H/c14-13(15)8-4-3-7-11-12(8)17-10-6-2-1-5-9(10)16-11;14-13(15)8-5-6-11-12(7-8)17-10-4-2-1-3-9(10)16-11;3*2-1-3;;;/h2*1-7H,(H,14,15);3*1H,(H,2,3);;;/q;;;;;3*-1/i;;;;;3*1+2. The Kier molecular flexibility index (Phi) is 14.8. The molecule has 0 amide bonds. The SMILES string of the molecule is O=C(O)c1ccc2c(c1)Sc1ccccc1S2.O=C(O)c1cccc2c1Sc1ccccc1S2.O=CO.O=CO.O=CO.[3H-].[3H-].[3H-]. The minimum atomic E-state index is -0.878. The minimum Gasteiger partial charge on any atom is -1.00 e. The highest BCUT2D eigenvalue weighted by Crippen LogP contribution is 2.50. The molecule has 0 spiro atoms. The van der Waals surface area contributed by atoms with Crippen LogP contribution in [0.15, 0.2) is 124 Å². The van der Waals surface area contributed by atoms with E-state index in [1.807, 2.05) is 42.5 Å². The molecule has 10 nitrogen and oxygen atoms in total. The summed E-state index contributed by atoms with van der Waals surface area (Å²) in [6.45, 7) is -0.750. The van der Waals surface area contributed by atoms with Crippen LogP contribution in [0.25, 0.3) is 0 Å². The Morgan fingerprint density at radius 2 is 0.907 bits per heavy atom. The number of fused-ring (bicyclic) bond motifs is 4. The van der Waals surface area contributed by atoms with E-state index in [0.29, 0.717) is 11.1 Å². The van der Waals surface area contributed by atoms with Gasteiger partial charge in [-0.2, -0.15) is 0 Å². The molecule has 0 saturated carbocycles. The van der Waals surface area contributed by atoms with Crippen molar-refractivity contribution in [2.45, 2.75) is 39.2 Å². The highest BCUT2D eigenvalue weighted by Gasteiger charge is 2.22. The molecule has 2 aliphatic heterocycles. The van der Waals surface area contributed by atoms with Crippen molar-refractivity contribution in [2.75, 3.05) is 0 Å². The summed E-state index contributed by atoms with van der Waals surface area (Å²) in [5.74, 6) is -1.74. The zero-order valence-electron chi connectivity index (χ0n) is 24.7. The van der Waals surface area contributed by atoms with Gasteiger partial charge < -0.3 is 29.8 Å². The Bertz CT molecular complexity index is 1580. The van der Waals surface area contributed by atoms with Crippen LogP contribution in [-0.4, -0.2) is 56.9 Å². The summed E-state index contributed by atoms with van der Waals surface area (Å²) in [7, 11) is 0. The number of carboxylic acids is 2. The van der Waals surface area contributed by atoms with Crippen molar-refractivity contribution in [3.8, 4) is 0 Å². The summed E-state index contributed by atoms with van der Waals surface area (Å²) in [4.78, 5) is 55.9. The highest BCUT2D eigenvalue weighted by molar-refractivity contribution is 8.05. The molecule has 0 aromatic heterocycles. The van der Waals surface area contributed by atoms with Crippen LogP contribution in [0.5, 0.6) is 0 Å². The van der Waals surface area contributed by atoms with Gasteiger partial charge in [-0.1, -0.05) is 77.4 Å². The number of rotatable bonds is 2. The molecule has 6 rings (SSSR count). The fourth-order valence-electron chi connectivity index (χ4n) is 3.38. The number of carbonyl (C=O) groups is 5. The second-order valence-corrected chi connectivity index (χ2v) is 11.8. The minimum absolute atomic E-state index is 0. The van der Waals surface area contributed by atoms with Gasteiger partial charge in [0.05, 0.1) is 11.1 Å². The summed E-state index contributed by atoms with van der Waals surface area (Å²) in [5, 5.41) is 38.8. The molecular weight excluding hydrogens is 637 g/mol. The average molecular weight is 668 g/mol. The molecule has 5 N–H and O–H groups in total. The van der Waals surface area contributed by atoms with Crippen LogP contribution < -0.4 is 0 Å². The molecule has 43 heavy (non-hydrogen) atoms. The van der Waals surface area contributed by atoms with E-state index in [-0.39, 0.29) is 23.7 Å². The summed E-state index contributed by atoms with van der Waals surface area (Å²) >= 11 is 6.48. The molecule has 4 aromatic rings. The Morgan fingerprint density at radius 1 is 0.512 bits per heavy atom. The van der Waals surface area contributed by atoms with Gasteiger partial charge in [0.15, 0.2) is 0 Å². The van der Waals surface area contributed by atoms with Gasteiger partial charge in [-0.15, -0.1) is 0 Å². The predicted octanol–water partition coefficient (Wildman–Crippen LogP) is 7.44. The lowest BCUT2D eigenvalue weighted by molar-refractivity contribution is -0.123. The Hall–Kier alpha value is -4.37. The lowest BCUT2D eigenvalue weighted by Gasteiger charge is -2.19. The van der Waals surface area contributed by atoms with Crippen molar-refractivity contribution in [3.05, 3.63) is 96.1 Å². The zero-order chi connectivity index (χ0) is 31.8. The van der Waals surface area contributed by atoms with Crippen molar-refractivity contribution >= 4 is 78.4 Å². The van der Waals surface area contributed by atoms with Gasteiger partial charge >= 0.3 is 11.9 Å². The molecule has 0 saturated heterocycles. The van der Waals surface area contributed by atoms with Crippen LogP contribution in [-0.2, 0) is 14.4 Å². The predicted molar refractivity (Wildman–Crippen MR) is 166 cm³/mol. The van der Waals surface area contributed by atoms with E-state index < -0.39 is 11.9 Å². The summed E-state index contributed by atoms with van der Waals surface area (Å²) in [5.41, 5.74) is 0.728. The van der Waals surface area contributed by atoms with Crippen molar-refractivity contribution < 1.29 is 53.8 Å². The molecule has 228 valence electrons. The first-order valence-electron chi connectivity index (χ1n) is 11.6. The van der Waals surface area contributed by atoms with Crippen LogP contribution in [0.1, 0.15) is 25.0 Å². The molecule has 0 radical (unpaired) electrons. The lowest BCUT2D eigenvalue weighted by Crippen LogP contribution is -2.01. The highest BCUT2D eigenvalue weighted by atomic mass is 32.2. The topological polar surface area (TPSA) is 186 Å². The Morgan fingerprint density at radius 3 is 1.37 bits per heavy atom. The van der Waals surface area contributed by atoms with Gasteiger partial charge in [0, 0.05) is 39.2 Å². The van der Waals surface area contributed by atoms with E-state index >= 15 is 0 Å². The molecule has 2 aliphatic rings. The maximum atomic E-state index is 11.2. The largest absolute Gasteiger partial charge is 1.00 e. The molecule has 0 aliphatic carbocycles. The summed E-state index contributed by atoms with van der Waals surface area (Å²) in [6, 6.07) is 26.9. The van der Waals surface area contributed by atoms with Gasteiger partial charge in [-0.25, -0.2) is 9.59 Å². The van der Waals surface area contributed by atoms with Crippen LogP contribution in [0.3, 0.4) is 0 Å². The summed E-state index contributed by atoms with van der Waals surface area (Å²) < 4.78 is 0. The first kappa shape index (κ1) is 34.8. The second kappa shape index (κ2) is 18.2. The van der Waals surface area contributed by atoms with Gasteiger partial charge in [0.1, 0.15) is 0 Å². The van der Waals surface area contributed by atoms with Gasteiger partial charge in [0.2, 0.25) is 0 Å². The molecule has 14 heteroatoms. The Labute approximate surface area is 266 Å². The van der Waals surface area contributed by atoms with Gasteiger partial charge in [-0.3, -0.25) is 14.4 Å². The molecular formula is C29H25O10S4-3. The third-order valence-corrected chi connectivity index (χ3v) is 10.1. The van der Waals surface area contributed by atoms with E-state index in [0.717, 1.165) is 24.5 Å². The molecule has 2 heterocycles. The normalized spacial score (nSPS) is 10.9. The van der Waals surface area contributed by atoms with Crippen LogP contribution >= 0.6 is 47.0 Å². The molecule has 0 unspecified atom stereocenters. The van der Waals surface area contributed by atoms with Crippen molar-refractivity contribution in [1.82, 2.24) is 0 Å². The van der Waals surface area contributed by atoms with E-state index in [1.54, 1.807) is 59.6 Å². The maximum absolute atomic E-state index is 11.2. The fraction of sp³-hybridized carbons (Fsp3) is 0. The van der Waals surface area contributed by atoms with Crippen molar-refractivity contribution in [1.29, 1.82) is 0 Å². The molecule has 0 fully saturated rings. The van der Waals surface area contributed by atoms with Crippen molar-refractivity contribution in [3.63, 3.8) is 0 Å². The smallest absolute Gasteiger partial charge is 0.336 e. The number of hydrogen-bond acceptors (Lipinski definition) is 9. The second-order valence-electron chi connectivity index (χ2n) is 7.52. The average Bonchev–Trinajstić information content (AvgIpc) is 3.00. The zero-order valence-corrected chi connectivity index (χ0v) is 25.0. The van der Waals surface area contributed by atoms with Crippen molar-refractivity contribution in [2.24, 2.45) is 0 Å². The number of aromatic carboxylic acids is 2. The molecule has 4 aromatic carbocycles. The van der Waals surface area contributed by atoms with Gasteiger partial charge in [0.25, 0.3) is 19.4 Å².